The standard InChI is InChI=1S/C14H17F2N3O/c1-9(2)7-18-13(20)8-19(3)14-11(15)4-10(6-17)5-12(14)16/h4-5,9H,7-8H2,1-3H3,(H,18,20). The molecule has 0 aliphatic carbocycles. The maximum Gasteiger partial charge on any atom is 0.239 e. The highest BCUT2D eigenvalue weighted by atomic mass is 19.1. The molecule has 0 aliphatic rings. The summed E-state index contributed by atoms with van der Waals surface area (Å²) in [5.41, 5.74) is -0.412. The highest BCUT2D eigenvalue weighted by Crippen LogP contribution is 2.23. The molecule has 0 radical (unpaired) electrons. The SMILES string of the molecule is CC(C)CNC(=O)CN(C)c1c(F)cc(C#N)cc1F. The Morgan fingerprint density at radius 1 is 1.40 bits per heavy atom. The van der Waals surface area contributed by atoms with Crippen LogP contribution in [0.1, 0.15) is 19.4 Å². The fourth-order valence-corrected chi connectivity index (χ4v) is 1.66. The van der Waals surface area contributed by atoms with Gasteiger partial charge in [-0.1, -0.05) is 13.8 Å². The van der Waals surface area contributed by atoms with E-state index in [1.165, 1.54) is 11.9 Å². The maximum atomic E-state index is 13.7. The van der Waals surface area contributed by atoms with Crippen LogP contribution in [-0.2, 0) is 4.79 Å². The van der Waals surface area contributed by atoms with Gasteiger partial charge in [0.1, 0.15) is 5.69 Å². The first-order chi connectivity index (χ1) is 9.35. The van der Waals surface area contributed by atoms with Crippen molar-refractivity contribution in [2.75, 3.05) is 25.0 Å². The summed E-state index contributed by atoms with van der Waals surface area (Å²) in [7, 11) is 1.42. The van der Waals surface area contributed by atoms with E-state index in [9.17, 15) is 13.6 Å². The molecule has 6 heteroatoms. The second kappa shape index (κ2) is 6.85. The second-order valence-electron chi connectivity index (χ2n) is 4.95. The number of nitriles is 1. The van der Waals surface area contributed by atoms with Crippen molar-refractivity contribution < 1.29 is 13.6 Å². The number of hydrogen-bond acceptors (Lipinski definition) is 3. The van der Waals surface area contributed by atoms with Gasteiger partial charge in [-0.15, -0.1) is 0 Å². The van der Waals surface area contributed by atoms with Crippen molar-refractivity contribution in [2.45, 2.75) is 13.8 Å². The number of hydrogen-bond donors (Lipinski definition) is 1. The first-order valence-electron chi connectivity index (χ1n) is 6.22. The molecule has 0 atom stereocenters. The quantitative estimate of drug-likeness (QED) is 0.898. The van der Waals surface area contributed by atoms with Crippen LogP contribution in [0.5, 0.6) is 0 Å². The van der Waals surface area contributed by atoms with Crippen LogP contribution in [-0.4, -0.2) is 26.0 Å². The van der Waals surface area contributed by atoms with Crippen LogP contribution >= 0.6 is 0 Å². The van der Waals surface area contributed by atoms with Crippen molar-refractivity contribution in [2.24, 2.45) is 5.92 Å². The van der Waals surface area contributed by atoms with Crippen molar-refractivity contribution in [3.63, 3.8) is 0 Å². The summed E-state index contributed by atoms with van der Waals surface area (Å²) >= 11 is 0. The molecule has 0 bridgehead atoms. The van der Waals surface area contributed by atoms with Gasteiger partial charge >= 0.3 is 0 Å². The summed E-state index contributed by atoms with van der Waals surface area (Å²) in [6, 6.07) is 3.56. The van der Waals surface area contributed by atoms with Gasteiger partial charge in [0.05, 0.1) is 18.2 Å². The number of amides is 1. The molecule has 0 heterocycles. The van der Waals surface area contributed by atoms with E-state index in [-0.39, 0.29) is 23.7 Å². The molecule has 0 aliphatic heterocycles. The lowest BCUT2D eigenvalue weighted by Gasteiger charge is -2.20. The Morgan fingerprint density at radius 3 is 2.40 bits per heavy atom. The molecule has 0 fully saturated rings. The molecule has 1 N–H and O–H groups in total. The zero-order chi connectivity index (χ0) is 15.3. The molecule has 0 unspecified atom stereocenters. The predicted molar refractivity (Wildman–Crippen MR) is 72.2 cm³/mol. The zero-order valence-corrected chi connectivity index (χ0v) is 11.7. The van der Waals surface area contributed by atoms with Crippen molar-refractivity contribution in [3.05, 3.63) is 29.3 Å². The lowest BCUT2D eigenvalue weighted by atomic mass is 10.2. The maximum absolute atomic E-state index is 13.7. The van der Waals surface area contributed by atoms with E-state index in [4.69, 9.17) is 5.26 Å². The molecule has 1 aromatic rings. The van der Waals surface area contributed by atoms with Crippen LogP contribution in [0.4, 0.5) is 14.5 Å². The molecule has 20 heavy (non-hydrogen) atoms. The third-order valence-corrected chi connectivity index (χ3v) is 2.62. The Kier molecular flexibility index (Phi) is 5.44. The van der Waals surface area contributed by atoms with Crippen molar-refractivity contribution in [3.8, 4) is 6.07 Å². The Bertz CT molecular complexity index is 515. The Morgan fingerprint density at radius 2 is 1.95 bits per heavy atom. The minimum Gasteiger partial charge on any atom is -0.361 e. The van der Waals surface area contributed by atoms with Gasteiger partial charge in [0.25, 0.3) is 0 Å². The summed E-state index contributed by atoms with van der Waals surface area (Å²) < 4.78 is 27.5. The molecule has 108 valence electrons. The van der Waals surface area contributed by atoms with Gasteiger partial charge in [0.2, 0.25) is 5.91 Å². The monoisotopic (exact) mass is 281 g/mol. The predicted octanol–water partition coefficient (Wildman–Crippen LogP) is 2.04. The summed E-state index contributed by atoms with van der Waals surface area (Å²) in [4.78, 5) is 12.8. The Hall–Kier alpha value is -2.16. The summed E-state index contributed by atoms with van der Waals surface area (Å²) in [5.74, 6) is -1.74. The van der Waals surface area contributed by atoms with Gasteiger partial charge in [-0.2, -0.15) is 5.26 Å². The zero-order valence-electron chi connectivity index (χ0n) is 11.7. The van der Waals surface area contributed by atoms with Crippen molar-refractivity contribution >= 4 is 11.6 Å². The molecular weight excluding hydrogens is 264 g/mol. The largest absolute Gasteiger partial charge is 0.361 e. The fourth-order valence-electron chi connectivity index (χ4n) is 1.66. The van der Waals surface area contributed by atoms with Gasteiger partial charge in [-0.25, -0.2) is 8.78 Å². The molecule has 1 rings (SSSR count). The summed E-state index contributed by atoms with van der Waals surface area (Å²) in [6.45, 7) is 4.24. The van der Waals surface area contributed by atoms with E-state index in [1.54, 1.807) is 6.07 Å². The fraction of sp³-hybridized carbons (Fsp3) is 0.429. The second-order valence-corrected chi connectivity index (χ2v) is 4.95. The van der Waals surface area contributed by atoms with Gasteiger partial charge in [-0.05, 0) is 18.1 Å². The van der Waals surface area contributed by atoms with Crippen LogP contribution in [0.2, 0.25) is 0 Å². The first kappa shape index (κ1) is 15.9. The van der Waals surface area contributed by atoms with E-state index in [0.29, 0.717) is 12.5 Å². The normalized spacial score (nSPS) is 10.2. The number of anilines is 1. The van der Waals surface area contributed by atoms with E-state index in [2.05, 4.69) is 5.32 Å². The molecule has 0 saturated carbocycles. The van der Waals surface area contributed by atoms with Gasteiger partial charge in [-0.3, -0.25) is 4.79 Å². The topological polar surface area (TPSA) is 56.1 Å². The van der Waals surface area contributed by atoms with Crippen LogP contribution in [0.3, 0.4) is 0 Å². The number of benzene rings is 1. The number of halogens is 2. The third-order valence-electron chi connectivity index (χ3n) is 2.62. The molecule has 0 aromatic heterocycles. The van der Waals surface area contributed by atoms with E-state index in [0.717, 1.165) is 12.1 Å². The summed E-state index contributed by atoms with van der Waals surface area (Å²) in [6.07, 6.45) is 0. The lowest BCUT2D eigenvalue weighted by molar-refractivity contribution is -0.119. The molecule has 0 spiro atoms. The number of likely N-dealkylation sites (N-methyl/N-ethyl adjacent to an activating group) is 1. The average Bonchev–Trinajstić information content (AvgIpc) is 2.35. The summed E-state index contributed by atoms with van der Waals surface area (Å²) in [5, 5.41) is 11.3. The van der Waals surface area contributed by atoms with Gasteiger partial charge in [0, 0.05) is 13.6 Å². The molecular formula is C14H17F2N3O. The Labute approximate surface area is 117 Å². The number of nitrogens with one attached hydrogen (secondary N) is 1. The van der Waals surface area contributed by atoms with Crippen LogP contribution in [0, 0.1) is 28.9 Å². The van der Waals surface area contributed by atoms with Gasteiger partial charge < -0.3 is 10.2 Å². The molecule has 1 amide bonds. The smallest absolute Gasteiger partial charge is 0.239 e. The van der Waals surface area contributed by atoms with E-state index in [1.807, 2.05) is 13.8 Å². The number of rotatable bonds is 5. The minimum absolute atomic E-state index is 0.0959. The van der Waals surface area contributed by atoms with Crippen LogP contribution < -0.4 is 10.2 Å². The van der Waals surface area contributed by atoms with Crippen molar-refractivity contribution in [1.29, 1.82) is 5.26 Å². The minimum atomic E-state index is -0.860. The Balaban J connectivity index is 2.80. The highest BCUT2D eigenvalue weighted by molar-refractivity contribution is 5.81. The average molecular weight is 281 g/mol. The van der Waals surface area contributed by atoms with Gasteiger partial charge in [0.15, 0.2) is 11.6 Å². The number of carbonyl (C=O) groups excluding carboxylic acids is 1. The molecule has 1 aromatic carbocycles. The number of carbonyl (C=O) groups is 1. The van der Waals surface area contributed by atoms with E-state index >= 15 is 0 Å². The van der Waals surface area contributed by atoms with Crippen LogP contribution in [0.15, 0.2) is 12.1 Å². The third kappa shape index (κ3) is 4.19. The van der Waals surface area contributed by atoms with Crippen molar-refractivity contribution in [1.82, 2.24) is 5.32 Å². The van der Waals surface area contributed by atoms with Crippen LogP contribution in [0.25, 0.3) is 0 Å². The lowest BCUT2D eigenvalue weighted by Crippen LogP contribution is -2.37. The van der Waals surface area contributed by atoms with E-state index < -0.39 is 11.6 Å². The highest BCUT2D eigenvalue weighted by Gasteiger charge is 2.17. The molecule has 4 nitrogen and oxygen atoms in total. The molecule has 0 saturated heterocycles. The number of nitrogens with zero attached hydrogens (tertiary/aromatic N) is 2. The first-order valence-corrected chi connectivity index (χ1v) is 6.22.